The van der Waals surface area contributed by atoms with E-state index in [0.717, 1.165) is 38.2 Å². The molecule has 5 nitrogen and oxygen atoms in total. The summed E-state index contributed by atoms with van der Waals surface area (Å²) in [4.78, 5) is 18.9. The number of fused-ring (bicyclic) bond motifs is 1. The smallest absolute Gasteiger partial charge is 0.230 e. The second-order valence-corrected chi connectivity index (χ2v) is 5.68. The van der Waals surface area contributed by atoms with E-state index in [-0.39, 0.29) is 17.4 Å². The van der Waals surface area contributed by atoms with E-state index in [4.69, 9.17) is 5.73 Å². The second kappa shape index (κ2) is 4.09. The maximum Gasteiger partial charge on any atom is 0.230 e. The van der Waals surface area contributed by atoms with Crippen molar-refractivity contribution >= 4 is 5.91 Å². The van der Waals surface area contributed by atoms with Gasteiger partial charge >= 0.3 is 0 Å². The summed E-state index contributed by atoms with van der Waals surface area (Å²) in [7, 11) is 0. The van der Waals surface area contributed by atoms with Crippen molar-refractivity contribution in [2.75, 3.05) is 6.54 Å². The summed E-state index contributed by atoms with van der Waals surface area (Å²) < 4.78 is 2.11. The lowest BCUT2D eigenvalue weighted by Crippen LogP contribution is -2.51. The molecule has 2 heterocycles. The summed E-state index contributed by atoms with van der Waals surface area (Å²) in [6.45, 7) is 4.25. The third-order valence-corrected chi connectivity index (χ3v) is 4.55. The van der Waals surface area contributed by atoms with Gasteiger partial charge in [0.05, 0.1) is 12.0 Å². The van der Waals surface area contributed by atoms with E-state index in [1.807, 2.05) is 18.0 Å². The molecule has 0 aromatic carbocycles. The number of hydrogen-bond acceptors (Lipinski definition) is 3. The number of rotatable bonds is 1. The Hall–Kier alpha value is -1.36. The fourth-order valence-electron chi connectivity index (χ4n) is 3.17. The first-order chi connectivity index (χ1) is 8.61. The molecule has 1 amide bonds. The van der Waals surface area contributed by atoms with Crippen molar-refractivity contribution in [3.8, 4) is 0 Å². The number of imidazole rings is 1. The van der Waals surface area contributed by atoms with Crippen LogP contribution in [0.1, 0.15) is 32.0 Å². The molecule has 2 unspecified atom stereocenters. The molecule has 5 heteroatoms. The van der Waals surface area contributed by atoms with Crippen molar-refractivity contribution in [2.45, 2.75) is 45.3 Å². The van der Waals surface area contributed by atoms with E-state index in [2.05, 4.69) is 9.55 Å². The molecule has 1 aromatic heterocycles. The first-order valence-corrected chi connectivity index (χ1v) is 6.66. The van der Waals surface area contributed by atoms with Gasteiger partial charge in [-0.05, 0) is 19.8 Å². The topological polar surface area (TPSA) is 64.2 Å². The maximum atomic E-state index is 12.7. The van der Waals surface area contributed by atoms with Crippen molar-refractivity contribution < 1.29 is 4.79 Å². The number of amides is 1. The van der Waals surface area contributed by atoms with Gasteiger partial charge in [-0.3, -0.25) is 4.79 Å². The molecule has 2 aliphatic rings. The van der Waals surface area contributed by atoms with Crippen LogP contribution in [0.3, 0.4) is 0 Å². The molecule has 1 aliphatic carbocycles. The zero-order valence-corrected chi connectivity index (χ0v) is 10.8. The number of carbonyl (C=O) groups excluding carboxylic acids is 1. The molecule has 1 aromatic rings. The zero-order chi connectivity index (χ0) is 12.8. The average Bonchev–Trinajstić information content (AvgIpc) is 2.96. The van der Waals surface area contributed by atoms with Crippen LogP contribution >= 0.6 is 0 Å². The molecule has 2 atom stereocenters. The van der Waals surface area contributed by atoms with Gasteiger partial charge in [0.2, 0.25) is 5.91 Å². The lowest BCUT2D eigenvalue weighted by atomic mass is 9.83. The van der Waals surface area contributed by atoms with Gasteiger partial charge in [0.25, 0.3) is 0 Å². The second-order valence-electron chi connectivity index (χ2n) is 5.68. The molecule has 98 valence electrons. The lowest BCUT2D eigenvalue weighted by molar-refractivity contribution is -0.143. The van der Waals surface area contributed by atoms with Gasteiger partial charge in [-0.25, -0.2) is 4.98 Å². The molecule has 2 N–H and O–H groups in total. The van der Waals surface area contributed by atoms with E-state index < -0.39 is 0 Å². The summed E-state index contributed by atoms with van der Waals surface area (Å²) in [5, 5.41) is 0. The fraction of sp³-hybridized carbons (Fsp3) is 0.692. The first-order valence-electron chi connectivity index (χ1n) is 6.66. The Morgan fingerprint density at radius 3 is 3.11 bits per heavy atom. The summed E-state index contributed by atoms with van der Waals surface area (Å²) in [6.07, 6.45) is 6.71. The van der Waals surface area contributed by atoms with Crippen LogP contribution in [0.15, 0.2) is 12.4 Å². The van der Waals surface area contributed by atoms with Gasteiger partial charge in [-0.2, -0.15) is 0 Å². The fourth-order valence-corrected chi connectivity index (χ4v) is 3.17. The van der Waals surface area contributed by atoms with Crippen LogP contribution in [0.4, 0.5) is 0 Å². The summed E-state index contributed by atoms with van der Waals surface area (Å²) in [5.41, 5.74) is 5.76. The van der Waals surface area contributed by atoms with Crippen LogP contribution < -0.4 is 5.73 Å². The summed E-state index contributed by atoms with van der Waals surface area (Å²) in [5.74, 6) is 1.19. The van der Waals surface area contributed by atoms with Crippen LogP contribution in [0.5, 0.6) is 0 Å². The van der Waals surface area contributed by atoms with E-state index in [1.54, 1.807) is 6.20 Å². The molecular weight excluding hydrogens is 228 g/mol. The number of hydrogen-bond donors (Lipinski definition) is 1. The highest BCUT2D eigenvalue weighted by Gasteiger charge is 2.45. The minimum absolute atomic E-state index is 0.00618. The van der Waals surface area contributed by atoms with Crippen molar-refractivity contribution in [3.05, 3.63) is 18.2 Å². The molecule has 1 aliphatic heterocycles. The average molecular weight is 248 g/mol. The standard InChI is InChI=1S/C13H20N4O/c1-13(4-2-3-10(13)14)12(18)17-8-7-16-6-5-15-11(16)9-17/h5-6,10H,2-4,7-9,14H2,1H3. The lowest BCUT2D eigenvalue weighted by Gasteiger charge is -2.36. The number of nitrogens with zero attached hydrogens (tertiary/aromatic N) is 3. The molecule has 0 bridgehead atoms. The Bertz CT molecular complexity index is 469. The molecule has 3 rings (SSSR count). The predicted molar refractivity (Wildman–Crippen MR) is 67.6 cm³/mol. The third kappa shape index (κ3) is 1.65. The quantitative estimate of drug-likeness (QED) is 0.797. The van der Waals surface area contributed by atoms with Crippen LogP contribution in [0, 0.1) is 5.41 Å². The van der Waals surface area contributed by atoms with Gasteiger partial charge in [0.15, 0.2) is 0 Å². The highest BCUT2D eigenvalue weighted by molar-refractivity contribution is 5.83. The van der Waals surface area contributed by atoms with Crippen LogP contribution in [0.25, 0.3) is 0 Å². The van der Waals surface area contributed by atoms with E-state index in [9.17, 15) is 4.79 Å². The van der Waals surface area contributed by atoms with Gasteiger partial charge in [-0.15, -0.1) is 0 Å². The van der Waals surface area contributed by atoms with Crippen molar-refractivity contribution in [3.63, 3.8) is 0 Å². The van der Waals surface area contributed by atoms with Crippen molar-refractivity contribution in [1.29, 1.82) is 0 Å². The first kappa shape index (κ1) is 11.7. The Morgan fingerprint density at radius 1 is 1.56 bits per heavy atom. The monoisotopic (exact) mass is 248 g/mol. The van der Waals surface area contributed by atoms with Crippen LogP contribution in [-0.2, 0) is 17.9 Å². The minimum atomic E-state index is -0.366. The Labute approximate surface area is 107 Å². The summed E-state index contributed by atoms with van der Waals surface area (Å²) in [6, 6.07) is 0.00618. The highest BCUT2D eigenvalue weighted by Crippen LogP contribution is 2.38. The molecular formula is C13H20N4O. The van der Waals surface area contributed by atoms with E-state index >= 15 is 0 Å². The van der Waals surface area contributed by atoms with Crippen LogP contribution in [-0.4, -0.2) is 32.9 Å². The third-order valence-electron chi connectivity index (χ3n) is 4.55. The largest absolute Gasteiger partial charge is 0.333 e. The number of aromatic nitrogens is 2. The molecule has 0 radical (unpaired) electrons. The van der Waals surface area contributed by atoms with Crippen molar-refractivity contribution in [1.82, 2.24) is 14.5 Å². The summed E-state index contributed by atoms with van der Waals surface area (Å²) >= 11 is 0. The highest BCUT2D eigenvalue weighted by atomic mass is 16.2. The van der Waals surface area contributed by atoms with Gasteiger partial charge in [0.1, 0.15) is 5.82 Å². The Kier molecular flexibility index (Phi) is 2.66. The predicted octanol–water partition coefficient (Wildman–Crippen LogP) is 0.743. The van der Waals surface area contributed by atoms with Gasteiger partial charge in [0, 0.05) is 31.5 Å². The Morgan fingerprint density at radius 2 is 2.39 bits per heavy atom. The Balaban J connectivity index is 1.79. The molecule has 1 saturated carbocycles. The molecule has 18 heavy (non-hydrogen) atoms. The van der Waals surface area contributed by atoms with Crippen LogP contribution in [0.2, 0.25) is 0 Å². The molecule has 0 saturated heterocycles. The molecule has 0 spiro atoms. The number of nitrogens with two attached hydrogens (primary N) is 1. The molecule has 1 fully saturated rings. The van der Waals surface area contributed by atoms with E-state index in [0.29, 0.717) is 6.54 Å². The van der Waals surface area contributed by atoms with E-state index in [1.165, 1.54) is 0 Å². The minimum Gasteiger partial charge on any atom is -0.333 e. The van der Waals surface area contributed by atoms with Gasteiger partial charge in [-0.1, -0.05) is 6.42 Å². The number of carbonyl (C=O) groups is 1. The van der Waals surface area contributed by atoms with Gasteiger partial charge < -0.3 is 15.2 Å². The zero-order valence-electron chi connectivity index (χ0n) is 10.8. The maximum absolute atomic E-state index is 12.7. The SMILES string of the molecule is CC1(C(=O)N2CCn3ccnc3C2)CCCC1N. The normalized spacial score (nSPS) is 31.4. The van der Waals surface area contributed by atoms with Crippen molar-refractivity contribution in [2.24, 2.45) is 11.1 Å².